The lowest BCUT2D eigenvalue weighted by atomic mass is 10.2. The number of carbonyl (C=O) groups is 1. The van der Waals surface area contributed by atoms with E-state index in [1.807, 2.05) is 31.2 Å². The molecule has 2 rings (SSSR count). The topological polar surface area (TPSA) is 65.5 Å². The lowest BCUT2D eigenvalue weighted by Gasteiger charge is -2.14. The predicted molar refractivity (Wildman–Crippen MR) is 99.3 cm³/mol. The third-order valence-corrected chi connectivity index (χ3v) is 4.44. The molecule has 0 aromatic heterocycles. The highest BCUT2D eigenvalue weighted by atomic mass is 35.5. The van der Waals surface area contributed by atoms with E-state index in [1.54, 1.807) is 0 Å². The van der Waals surface area contributed by atoms with Gasteiger partial charge < -0.3 is 16.0 Å². The summed E-state index contributed by atoms with van der Waals surface area (Å²) in [6.07, 6.45) is 5.13. The molecule has 0 spiro atoms. The molecular weight excluding hydrogens is 324 g/mol. The summed E-state index contributed by atoms with van der Waals surface area (Å²) < 4.78 is 0. The number of rotatable bonds is 7. The number of hydrogen-bond acceptors (Lipinski definition) is 2. The van der Waals surface area contributed by atoms with Crippen LogP contribution in [0, 0.1) is 0 Å². The first kappa shape index (κ1) is 18.6. The van der Waals surface area contributed by atoms with Gasteiger partial charge in [0.1, 0.15) is 0 Å². The Balaban J connectivity index is 1.76. The smallest absolute Gasteiger partial charge is 0.221 e. The van der Waals surface area contributed by atoms with E-state index >= 15 is 0 Å². The largest absolute Gasteiger partial charge is 0.357 e. The number of nitrogens with one attached hydrogen (secondary N) is 3. The highest BCUT2D eigenvalue weighted by molar-refractivity contribution is 6.31. The molecule has 24 heavy (non-hydrogen) atoms. The van der Waals surface area contributed by atoms with Crippen molar-refractivity contribution in [2.45, 2.75) is 51.6 Å². The molecule has 1 aliphatic rings. The molecule has 132 valence electrons. The second-order valence-electron chi connectivity index (χ2n) is 6.01. The number of benzene rings is 1. The molecule has 1 saturated carbocycles. The molecule has 3 N–H and O–H groups in total. The molecule has 1 fully saturated rings. The van der Waals surface area contributed by atoms with Gasteiger partial charge in [0.25, 0.3) is 0 Å². The normalized spacial score (nSPS) is 15.3. The molecule has 0 unspecified atom stereocenters. The monoisotopic (exact) mass is 350 g/mol. The zero-order valence-electron chi connectivity index (χ0n) is 14.3. The van der Waals surface area contributed by atoms with E-state index < -0.39 is 0 Å². The fraction of sp³-hybridized carbons (Fsp3) is 0.556. The third-order valence-electron chi connectivity index (χ3n) is 4.07. The summed E-state index contributed by atoms with van der Waals surface area (Å²) in [4.78, 5) is 16.5. The van der Waals surface area contributed by atoms with Crippen LogP contribution in [0.4, 0.5) is 0 Å². The van der Waals surface area contributed by atoms with Crippen molar-refractivity contribution in [2.24, 2.45) is 4.99 Å². The number of nitrogens with zero attached hydrogens (tertiary/aromatic N) is 1. The summed E-state index contributed by atoms with van der Waals surface area (Å²) in [5.74, 6) is 0.808. The van der Waals surface area contributed by atoms with Crippen LogP contribution in [-0.4, -0.2) is 31.0 Å². The maximum Gasteiger partial charge on any atom is 0.221 e. The molecule has 0 radical (unpaired) electrons. The van der Waals surface area contributed by atoms with Crippen LogP contribution in [0.1, 0.15) is 44.6 Å². The maximum atomic E-state index is 11.9. The van der Waals surface area contributed by atoms with Crippen LogP contribution in [0.2, 0.25) is 5.02 Å². The van der Waals surface area contributed by atoms with Crippen LogP contribution < -0.4 is 16.0 Å². The van der Waals surface area contributed by atoms with Crippen molar-refractivity contribution in [3.63, 3.8) is 0 Å². The Morgan fingerprint density at radius 3 is 2.71 bits per heavy atom. The van der Waals surface area contributed by atoms with Gasteiger partial charge in [-0.1, -0.05) is 42.6 Å². The predicted octanol–water partition coefficient (Wildman–Crippen LogP) is 2.84. The van der Waals surface area contributed by atoms with Gasteiger partial charge in [0.15, 0.2) is 5.96 Å². The quantitative estimate of drug-likeness (QED) is 0.523. The first-order valence-electron chi connectivity index (χ1n) is 8.74. The summed E-state index contributed by atoms with van der Waals surface area (Å²) in [5.41, 5.74) is 0.982. The molecule has 5 nitrogen and oxygen atoms in total. The summed E-state index contributed by atoms with van der Waals surface area (Å²) in [6, 6.07) is 8.05. The van der Waals surface area contributed by atoms with Crippen LogP contribution in [0.5, 0.6) is 0 Å². The number of guanidine groups is 1. The minimum Gasteiger partial charge on any atom is -0.357 e. The van der Waals surface area contributed by atoms with E-state index in [9.17, 15) is 4.79 Å². The summed E-state index contributed by atoms with van der Waals surface area (Å²) in [6.45, 7) is 3.85. The van der Waals surface area contributed by atoms with Gasteiger partial charge in [0.2, 0.25) is 5.91 Å². The van der Waals surface area contributed by atoms with E-state index in [-0.39, 0.29) is 5.91 Å². The Bertz CT molecular complexity index is 556. The summed E-state index contributed by atoms with van der Waals surface area (Å²) >= 11 is 6.15. The van der Waals surface area contributed by atoms with E-state index in [0.29, 0.717) is 36.5 Å². The Morgan fingerprint density at radius 1 is 1.25 bits per heavy atom. The third kappa shape index (κ3) is 6.40. The van der Waals surface area contributed by atoms with Gasteiger partial charge in [-0.05, 0) is 31.4 Å². The fourth-order valence-electron chi connectivity index (χ4n) is 2.80. The van der Waals surface area contributed by atoms with Gasteiger partial charge in [0, 0.05) is 30.6 Å². The van der Waals surface area contributed by atoms with E-state index in [4.69, 9.17) is 11.6 Å². The van der Waals surface area contributed by atoms with Crippen molar-refractivity contribution < 1.29 is 4.79 Å². The van der Waals surface area contributed by atoms with Gasteiger partial charge in [-0.15, -0.1) is 0 Å². The first-order chi connectivity index (χ1) is 11.7. The zero-order valence-corrected chi connectivity index (χ0v) is 15.0. The lowest BCUT2D eigenvalue weighted by Crippen LogP contribution is -2.40. The number of hydrogen-bond donors (Lipinski definition) is 3. The summed E-state index contributed by atoms with van der Waals surface area (Å²) in [5, 5.41) is 10.2. The molecule has 1 amide bonds. The second-order valence-corrected chi connectivity index (χ2v) is 6.42. The number of aliphatic imine (C=N–C) groups is 1. The fourth-order valence-corrected chi connectivity index (χ4v) is 2.99. The SMILES string of the molecule is CCNC(=NCc1ccccc1Cl)NCCC(=O)NC1CCCC1. The van der Waals surface area contributed by atoms with Crippen molar-refractivity contribution >= 4 is 23.5 Å². The highest BCUT2D eigenvalue weighted by Gasteiger charge is 2.16. The molecule has 0 atom stereocenters. The second kappa shape index (κ2) is 10.2. The maximum absolute atomic E-state index is 11.9. The van der Waals surface area contributed by atoms with E-state index in [2.05, 4.69) is 20.9 Å². The zero-order chi connectivity index (χ0) is 17.2. The minimum atomic E-state index is 0.108. The number of carbonyl (C=O) groups excluding carboxylic acids is 1. The van der Waals surface area contributed by atoms with Crippen LogP contribution >= 0.6 is 11.6 Å². The van der Waals surface area contributed by atoms with Crippen molar-refractivity contribution in [1.82, 2.24) is 16.0 Å². The lowest BCUT2D eigenvalue weighted by molar-refractivity contribution is -0.121. The van der Waals surface area contributed by atoms with Crippen molar-refractivity contribution in [3.8, 4) is 0 Å². The summed E-state index contributed by atoms with van der Waals surface area (Å²) in [7, 11) is 0. The van der Waals surface area contributed by atoms with Crippen molar-refractivity contribution in [2.75, 3.05) is 13.1 Å². The molecule has 1 aliphatic carbocycles. The number of amides is 1. The first-order valence-corrected chi connectivity index (χ1v) is 9.11. The highest BCUT2D eigenvalue weighted by Crippen LogP contribution is 2.17. The van der Waals surface area contributed by atoms with Crippen LogP contribution in [-0.2, 0) is 11.3 Å². The van der Waals surface area contributed by atoms with Gasteiger partial charge in [-0.2, -0.15) is 0 Å². The molecule has 0 bridgehead atoms. The van der Waals surface area contributed by atoms with Crippen LogP contribution in [0.3, 0.4) is 0 Å². The average Bonchev–Trinajstić information content (AvgIpc) is 3.06. The molecule has 0 aliphatic heterocycles. The van der Waals surface area contributed by atoms with Crippen LogP contribution in [0.25, 0.3) is 0 Å². The molecule has 0 saturated heterocycles. The Labute approximate surface area is 149 Å². The Morgan fingerprint density at radius 2 is 2.00 bits per heavy atom. The van der Waals surface area contributed by atoms with Crippen molar-refractivity contribution in [3.05, 3.63) is 34.9 Å². The van der Waals surface area contributed by atoms with E-state index in [1.165, 1.54) is 12.8 Å². The van der Waals surface area contributed by atoms with Gasteiger partial charge in [-0.25, -0.2) is 4.99 Å². The van der Waals surface area contributed by atoms with E-state index in [0.717, 1.165) is 24.9 Å². The van der Waals surface area contributed by atoms with Crippen LogP contribution in [0.15, 0.2) is 29.3 Å². The standard InChI is InChI=1S/C18H27ClN4O/c1-2-20-18(22-13-14-7-3-6-10-16(14)19)21-12-11-17(24)23-15-8-4-5-9-15/h3,6-7,10,15H,2,4-5,8-9,11-13H2,1H3,(H,23,24)(H2,20,21,22). The average molecular weight is 351 g/mol. The Kier molecular flexibility index (Phi) is 7.89. The molecule has 1 aromatic rings. The molecule has 0 heterocycles. The van der Waals surface area contributed by atoms with Crippen molar-refractivity contribution in [1.29, 1.82) is 0 Å². The molecule has 1 aromatic carbocycles. The van der Waals surface area contributed by atoms with Gasteiger partial charge in [0.05, 0.1) is 6.54 Å². The van der Waals surface area contributed by atoms with Gasteiger partial charge >= 0.3 is 0 Å². The Hall–Kier alpha value is -1.75. The van der Waals surface area contributed by atoms with Gasteiger partial charge in [-0.3, -0.25) is 4.79 Å². The minimum absolute atomic E-state index is 0.108. The molecular formula is C18H27ClN4O. The number of halogens is 1. The molecule has 6 heteroatoms.